The van der Waals surface area contributed by atoms with Gasteiger partial charge in [0.25, 0.3) is 5.91 Å². The monoisotopic (exact) mass is 378 g/mol. The fourth-order valence-electron chi connectivity index (χ4n) is 2.08. The van der Waals surface area contributed by atoms with Crippen molar-refractivity contribution in [1.82, 2.24) is 4.57 Å². The first-order chi connectivity index (χ1) is 10.6. The number of nitrogens with zero attached hydrogens (tertiary/aromatic N) is 1. The second-order valence-corrected chi connectivity index (χ2v) is 6.28. The van der Waals surface area contributed by atoms with E-state index in [4.69, 9.17) is 4.42 Å². The first-order valence-corrected chi connectivity index (χ1v) is 8.00. The first-order valence-electron chi connectivity index (χ1n) is 6.39. The summed E-state index contributed by atoms with van der Waals surface area (Å²) in [6, 6.07) is 8.57. The molecule has 3 rings (SSSR count). The molecule has 0 atom stereocenters. The molecule has 0 spiro atoms. The number of amides is 1. The van der Waals surface area contributed by atoms with E-state index in [1.54, 1.807) is 34.9 Å². The van der Waals surface area contributed by atoms with Crippen LogP contribution in [0.1, 0.15) is 10.6 Å². The summed E-state index contributed by atoms with van der Waals surface area (Å²) in [5.74, 6) is -0.132. The van der Waals surface area contributed by atoms with E-state index in [0.29, 0.717) is 16.9 Å². The van der Waals surface area contributed by atoms with Crippen molar-refractivity contribution in [3.05, 3.63) is 63.1 Å². The van der Waals surface area contributed by atoms with E-state index in [-0.39, 0.29) is 16.5 Å². The standard InChI is InChI=1S/C15H11BrN2O3S/c1-2-7-18-10-4-3-9(8-12(10)22-15(18)20)17-14(19)11-5-6-13(16)21-11/h2-6,8H,1,7H2,(H,17,19). The van der Waals surface area contributed by atoms with E-state index in [0.717, 1.165) is 21.6 Å². The molecule has 7 heteroatoms. The molecule has 0 saturated heterocycles. The quantitative estimate of drug-likeness (QED) is 0.701. The van der Waals surface area contributed by atoms with Gasteiger partial charge in [-0.2, -0.15) is 0 Å². The Hall–Kier alpha value is -2.12. The minimum Gasteiger partial charge on any atom is -0.444 e. The van der Waals surface area contributed by atoms with Crippen LogP contribution in [-0.2, 0) is 6.54 Å². The molecular weight excluding hydrogens is 368 g/mol. The number of allylic oxidation sites excluding steroid dienone is 1. The molecule has 0 aliphatic rings. The number of furan rings is 1. The number of nitrogens with one attached hydrogen (secondary N) is 1. The van der Waals surface area contributed by atoms with Gasteiger partial charge < -0.3 is 9.73 Å². The number of carbonyl (C=O) groups is 1. The molecule has 0 aliphatic carbocycles. The summed E-state index contributed by atoms with van der Waals surface area (Å²) < 4.78 is 8.15. The summed E-state index contributed by atoms with van der Waals surface area (Å²) in [4.78, 5) is 23.9. The third-order valence-electron chi connectivity index (χ3n) is 3.03. The maximum atomic E-state index is 12.0. The van der Waals surface area contributed by atoms with Gasteiger partial charge in [0.05, 0.1) is 10.2 Å². The number of carbonyl (C=O) groups excluding carboxylic acids is 1. The number of benzene rings is 1. The second-order valence-electron chi connectivity index (χ2n) is 4.51. The van der Waals surface area contributed by atoms with Crippen molar-refractivity contribution >= 4 is 49.1 Å². The highest BCUT2D eigenvalue weighted by Crippen LogP contribution is 2.23. The summed E-state index contributed by atoms with van der Waals surface area (Å²) >= 11 is 4.29. The molecule has 1 N–H and O–H groups in total. The van der Waals surface area contributed by atoms with Crippen LogP contribution in [0, 0.1) is 0 Å². The van der Waals surface area contributed by atoms with Gasteiger partial charge in [0.15, 0.2) is 10.4 Å². The largest absolute Gasteiger partial charge is 0.444 e. The van der Waals surface area contributed by atoms with Crippen molar-refractivity contribution in [3.63, 3.8) is 0 Å². The van der Waals surface area contributed by atoms with E-state index < -0.39 is 0 Å². The van der Waals surface area contributed by atoms with E-state index >= 15 is 0 Å². The second kappa shape index (κ2) is 5.94. The number of halogens is 1. The number of hydrogen-bond acceptors (Lipinski definition) is 4. The van der Waals surface area contributed by atoms with Crippen LogP contribution < -0.4 is 10.2 Å². The van der Waals surface area contributed by atoms with Crippen molar-refractivity contribution in [3.8, 4) is 0 Å². The number of thiazole rings is 1. The molecule has 0 aliphatic heterocycles. The van der Waals surface area contributed by atoms with Crippen LogP contribution in [0.5, 0.6) is 0 Å². The molecule has 112 valence electrons. The predicted octanol–water partition coefficient (Wildman–Crippen LogP) is 3.86. The third kappa shape index (κ3) is 2.77. The fraction of sp³-hybridized carbons (Fsp3) is 0.0667. The molecule has 22 heavy (non-hydrogen) atoms. The van der Waals surface area contributed by atoms with Crippen molar-refractivity contribution in [1.29, 1.82) is 0 Å². The molecule has 1 amide bonds. The average Bonchev–Trinajstić information content (AvgIpc) is 3.04. The Labute approximate surface area is 138 Å². The Bertz CT molecular complexity index is 922. The zero-order chi connectivity index (χ0) is 15.7. The van der Waals surface area contributed by atoms with Gasteiger partial charge in [-0.15, -0.1) is 6.58 Å². The molecule has 0 saturated carbocycles. The highest BCUT2D eigenvalue weighted by atomic mass is 79.9. The number of aromatic nitrogens is 1. The SMILES string of the molecule is C=CCn1c(=O)sc2cc(NC(=O)c3ccc(Br)o3)ccc21. The Kier molecular flexibility index (Phi) is 4.00. The van der Waals surface area contributed by atoms with Gasteiger partial charge in [0.1, 0.15) is 0 Å². The van der Waals surface area contributed by atoms with Crippen LogP contribution in [0.25, 0.3) is 10.2 Å². The number of rotatable bonds is 4. The van der Waals surface area contributed by atoms with Crippen LogP contribution in [0.4, 0.5) is 5.69 Å². The molecule has 1 aromatic carbocycles. The van der Waals surface area contributed by atoms with Gasteiger partial charge in [0, 0.05) is 12.2 Å². The molecule has 2 aromatic heterocycles. The molecule has 2 heterocycles. The summed E-state index contributed by atoms with van der Waals surface area (Å²) in [6.07, 6.45) is 1.68. The molecule has 3 aromatic rings. The van der Waals surface area contributed by atoms with Crippen LogP contribution in [-0.4, -0.2) is 10.5 Å². The molecule has 0 fully saturated rings. The van der Waals surface area contributed by atoms with E-state index in [2.05, 4.69) is 27.8 Å². The number of hydrogen-bond donors (Lipinski definition) is 1. The van der Waals surface area contributed by atoms with Gasteiger partial charge >= 0.3 is 4.87 Å². The molecular formula is C15H11BrN2O3S. The van der Waals surface area contributed by atoms with Crippen LogP contribution in [0.15, 0.2) is 56.9 Å². The molecule has 0 unspecified atom stereocenters. The minimum absolute atomic E-state index is 0.0478. The Balaban J connectivity index is 1.91. The minimum atomic E-state index is -0.345. The maximum absolute atomic E-state index is 12.0. The normalized spacial score (nSPS) is 10.8. The zero-order valence-electron chi connectivity index (χ0n) is 11.3. The smallest absolute Gasteiger partial charge is 0.308 e. The van der Waals surface area contributed by atoms with Crippen molar-refractivity contribution in [2.45, 2.75) is 6.54 Å². The lowest BCUT2D eigenvalue weighted by Gasteiger charge is -2.04. The average molecular weight is 379 g/mol. The lowest BCUT2D eigenvalue weighted by molar-refractivity contribution is 0.0995. The fourth-order valence-corrected chi connectivity index (χ4v) is 3.32. The summed E-state index contributed by atoms with van der Waals surface area (Å²) in [6.45, 7) is 4.11. The van der Waals surface area contributed by atoms with Crippen LogP contribution in [0.2, 0.25) is 0 Å². The highest BCUT2D eigenvalue weighted by Gasteiger charge is 2.12. The third-order valence-corrected chi connectivity index (χ3v) is 4.40. The Morgan fingerprint density at radius 1 is 1.41 bits per heavy atom. The Morgan fingerprint density at radius 2 is 2.23 bits per heavy atom. The van der Waals surface area contributed by atoms with Crippen LogP contribution >= 0.6 is 27.3 Å². The van der Waals surface area contributed by atoms with Gasteiger partial charge in [0.2, 0.25) is 0 Å². The maximum Gasteiger partial charge on any atom is 0.308 e. The van der Waals surface area contributed by atoms with Gasteiger partial charge in [-0.05, 0) is 46.3 Å². The summed E-state index contributed by atoms with van der Waals surface area (Å²) in [5.41, 5.74) is 1.44. The number of fused-ring (bicyclic) bond motifs is 1. The van der Waals surface area contributed by atoms with Crippen molar-refractivity contribution < 1.29 is 9.21 Å². The zero-order valence-corrected chi connectivity index (χ0v) is 13.7. The van der Waals surface area contributed by atoms with E-state index in [9.17, 15) is 9.59 Å². The van der Waals surface area contributed by atoms with Gasteiger partial charge in [-0.1, -0.05) is 17.4 Å². The molecule has 5 nitrogen and oxygen atoms in total. The van der Waals surface area contributed by atoms with Crippen LogP contribution in [0.3, 0.4) is 0 Å². The lowest BCUT2D eigenvalue weighted by Crippen LogP contribution is -2.11. The number of anilines is 1. The summed E-state index contributed by atoms with van der Waals surface area (Å²) in [5, 5.41) is 2.75. The molecule has 0 radical (unpaired) electrons. The molecule has 0 bridgehead atoms. The van der Waals surface area contributed by atoms with Crippen molar-refractivity contribution in [2.75, 3.05) is 5.32 Å². The van der Waals surface area contributed by atoms with Gasteiger partial charge in [-0.25, -0.2) is 0 Å². The topological polar surface area (TPSA) is 64.2 Å². The predicted molar refractivity (Wildman–Crippen MR) is 90.6 cm³/mol. The van der Waals surface area contributed by atoms with Crippen molar-refractivity contribution in [2.24, 2.45) is 0 Å². The van der Waals surface area contributed by atoms with E-state index in [1.807, 2.05) is 6.07 Å². The lowest BCUT2D eigenvalue weighted by atomic mass is 10.3. The summed E-state index contributed by atoms with van der Waals surface area (Å²) in [7, 11) is 0. The first kappa shape index (κ1) is 14.8. The Morgan fingerprint density at radius 3 is 2.91 bits per heavy atom. The highest BCUT2D eigenvalue weighted by molar-refractivity contribution is 9.10. The van der Waals surface area contributed by atoms with E-state index in [1.165, 1.54) is 0 Å². The van der Waals surface area contributed by atoms with Gasteiger partial charge in [-0.3, -0.25) is 14.2 Å².